The maximum atomic E-state index is 12.1. The molecule has 0 amide bonds. The molecule has 1 atom stereocenters. The standard InChI is InChI=1S/C13H13N3O4/c1-8(13(18)19)16-7-11(14-15-16)12(17)9-3-5-10(20-2)6-4-9/h3-8H,1-2H3,(H,18,19). The van der Waals surface area contributed by atoms with Gasteiger partial charge in [-0.3, -0.25) is 4.79 Å². The Balaban J connectivity index is 2.22. The van der Waals surface area contributed by atoms with Gasteiger partial charge in [-0.15, -0.1) is 5.10 Å². The molecular formula is C13H13N3O4. The lowest BCUT2D eigenvalue weighted by Gasteiger charge is -2.03. The fourth-order valence-electron chi connectivity index (χ4n) is 1.57. The van der Waals surface area contributed by atoms with Crippen molar-refractivity contribution in [3.8, 4) is 5.75 Å². The Kier molecular flexibility index (Phi) is 3.79. The minimum absolute atomic E-state index is 0.100. The second-order valence-electron chi connectivity index (χ2n) is 4.16. The van der Waals surface area contributed by atoms with Crippen LogP contribution in [0.5, 0.6) is 5.75 Å². The first-order valence-electron chi connectivity index (χ1n) is 5.86. The average molecular weight is 275 g/mol. The van der Waals surface area contributed by atoms with E-state index in [0.717, 1.165) is 4.68 Å². The summed E-state index contributed by atoms with van der Waals surface area (Å²) >= 11 is 0. The van der Waals surface area contributed by atoms with Crippen LogP contribution in [0.1, 0.15) is 29.0 Å². The second kappa shape index (κ2) is 5.52. The zero-order valence-electron chi connectivity index (χ0n) is 11.0. The summed E-state index contributed by atoms with van der Waals surface area (Å²) in [5.41, 5.74) is 0.532. The molecule has 2 aromatic rings. The van der Waals surface area contributed by atoms with Gasteiger partial charge in [-0.1, -0.05) is 5.21 Å². The molecule has 0 bridgehead atoms. The lowest BCUT2D eigenvalue weighted by atomic mass is 10.1. The molecule has 0 aliphatic heterocycles. The number of carboxylic acids is 1. The van der Waals surface area contributed by atoms with E-state index in [1.165, 1.54) is 20.2 Å². The Labute approximate surface area is 114 Å². The van der Waals surface area contributed by atoms with Gasteiger partial charge in [-0.2, -0.15) is 0 Å². The number of ether oxygens (including phenoxy) is 1. The number of ketones is 1. The third kappa shape index (κ3) is 2.66. The largest absolute Gasteiger partial charge is 0.497 e. The zero-order valence-corrected chi connectivity index (χ0v) is 11.0. The first kappa shape index (κ1) is 13.7. The number of hydrogen-bond acceptors (Lipinski definition) is 5. The van der Waals surface area contributed by atoms with Crippen molar-refractivity contribution in [1.82, 2.24) is 15.0 Å². The number of aliphatic carboxylic acids is 1. The van der Waals surface area contributed by atoms with Gasteiger partial charge in [0.15, 0.2) is 5.69 Å². The van der Waals surface area contributed by atoms with Crippen molar-refractivity contribution < 1.29 is 19.4 Å². The molecule has 1 heterocycles. The molecule has 0 aliphatic carbocycles. The molecular weight excluding hydrogens is 262 g/mol. The number of carbonyl (C=O) groups excluding carboxylic acids is 1. The van der Waals surface area contributed by atoms with Crippen molar-refractivity contribution in [2.75, 3.05) is 7.11 Å². The van der Waals surface area contributed by atoms with E-state index < -0.39 is 12.0 Å². The van der Waals surface area contributed by atoms with Crippen LogP contribution in [-0.4, -0.2) is 39.0 Å². The summed E-state index contributed by atoms with van der Waals surface area (Å²) in [6.45, 7) is 1.46. The maximum absolute atomic E-state index is 12.1. The van der Waals surface area contributed by atoms with E-state index in [9.17, 15) is 9.59 Å². The first-order valence-corrected chi connectivity index (χ1v) is 5.86. The number of rotatable bonds is 5. The van der Waals surface area contributed by atoms with Crippen LogP contribution in [0.15, 0.2) is 30.5 Å². The SMILES string of the molecule is COc1ccc(C(=O)c2cn(C(C)C(=O)O)nn2)cc1. The van der Waals surface area contributed by atoms with Gasteiger partial charge in [0.2, 0.25) is 5.78 Å². The lowest BCUT2D eigenvalue weighted by molar-refractivity contribution is -0.140. The van der Waals surface area contributed by atoms with E-state index in [1.54, 1.807) is 24.3 Å². The number of nitrogens with zero attached hydrogens (tertiary/aromatic N) is 3. The topological polar surface area (TPSA) is 94.3 Å². The summed E-state index contributed by atoms with van der Waals surface area (Å²) in [6, 6.07) is 5.68. The monoisotopic (exact) mass is 275 g/mol. The van der Waals surface area contributed by atoms with E-state index in [4.69, 9.17) is 9.84 Å². The number of benzene rings is 1. The van der Waals surface area contributed by atoms with Gasteiger partial charge in [-0.25, -0.2) is 9.48 Å². The highest BCUT2D eigenvalue weighted by Crippen LogP contribution is 2.14. The van der Waals surface area contributed by atoms with Crippen LogP contribution in [0.3, 0.4) is 0 Å². The highest BCUT2D eigenvalue weighted by Gasteiger charge is 2.18. The van der Waals surface area contributed by atoms with E-state index in [-0.39, 0.29) is 11.5 Å². The zero-order chi connectivity index (χ0) is 14.7. The lowest BCUT2D eigenvalue weighted by Crippen LogP contribution is -2.16. The van der Waals surface area contributed by atoms with E-state index >= 15 is 0 Å². The van der Waals surface area contributed by atoms with E-state index in [1.807, 2.05) is 0 Å². The van der Waals surface area contributed by atoms with Gasteiger partial charge in [0.05, 0.1) is 13.3 Å². The van der Waals surface area contributed by atoms with Crippen LogP contribution >= 0.6 is 0 Å². The molecule has 20 heavy (non-hydrogen) atoms. The van der Waals surface area contributed by atoms with Crippen LogP contribution in [-0.2, 0) is 4.79 Å². The van der Waals surface area contributed by atoms with Crippen molar-refractivity contribution in [1.29, 1.82) is 0 Å². The molecule has 2 rings (SSSR count). The van der Waals surface area contributed by atoms with Crippen LogP contribution < -0.4 is 4.74 Å². The van der Waals surface area contributed by atoms with Gasteiger partial charge in [0.1, 0.15) is 11.8 Å². The summed E-state index contributed by atoms with van der Waals surface area (Å²) in [4.78, 5) is 23.0. The predicted molar refractivity (Wildman–Crippen MR) is 68.8 cm³/mol. The molecule has 1 unspecified atom stereocenters. The fourth-order valence-corrected chi connectivity index (χ4v) is 1.57. The predicted octanol–water partition coefficient (Wildman–Crippen LogP) is 1.16. The van der Waals surface area contributed by atoms with Gasteiger partial charge in [-0.05, 0) is 31.2 Å². The third-order valence-corrected chi connectivity index (χ3v) is 2.85. The number of carbonyl (C=O) groups is 2. The molecule has 1 aromatic carbocycles. The number of carboxylic acid groups (broad SMARTS) is 1. The number of methoxy groups -OCH3 is 1. The Bertz CT molecular complexity index is 633. The van der Waals surface area contributed by atoms with Crippen molar-refractivity contribution in [3.05, 3.63) is 41.7 Å². The smallest absolute Gasteiger partial charge is 0.328 e. The van der Waals surface area contributed by atoms with Crippen molar-refractivity contribution >= 4 is 11.8 Å². The van der Waals surface area contributed by atoms with Crippen LogP contribution in [0.2, 0.25) is 0 Å². The number of hydrogen-bond donors (Lipinski definition) is 1. The minimum atomic E-state index is -1.04. The summed E-state index contributed by atoms with van der Waals surface area (Å²) in [7, 11) is 1.54. The quantitative estimate of drug-likeness (QED) is 0.823. The Morgan fingerprint density at radius 1 is 1.30 bits per heavy atom. The normalized spacial score (nSPS) is 11.9. The van der Waals surface area contributed by atoms with Crippen molar-refractivity contribution in [3.63, 3.8) is 0 Å². The summed E-state index contributed by atoms with van der Waals surface area (Å²) < 4.78 is 6.15. The molecule has 104 valence electrons. The van der Waals surface area contributed by atoms with Crippen LogP contribution in [0.25, 0.3) is 0 Å². The molecule has 1 N–H and O–H groups in total. The summed E-state index contributed by atoms with van der Waals surface area (Å²) in [5, 5.41) is 16.2. The molecule has 7 nitrogen and oxygen atoms in total. The van der Waals surface area contributed by atoms with Gasteiger partial charge in [0.25, 0.3) is 0 Å². The summed E-state index contributed by atoms with van der Waals surface area (Å²) in [5.74, 6) is -0.723. The van der Waals surface area contributed by atoms with Crippen molar-refractivity contribution in [2.24, 2.45) is 0 Å². The Hall–Kier alpha value is -2.70. The maximum Gasteiger partial charge on any atom is 0.328 e. The van der Waals surface area contributed by atoms with E-state index in [0.29, 0.717) is 11.3 Å². The van der Waals surface area contributed by atoms with E-state index in [2.05, 4.69) is 10.3 Å². The van der Waals surface area contributed by atoms with Crippen molar-refractivity contribution in [2.45, 2.75) is 13.0 Å². The minimum Gasteiger partial charge on any atom is -0.497 e. The van der Waals surface area contributed by atoms with Gasteiger partial charge >= 0.3 is 5.97 Å². The molecule has 0 saturated heterocycles. The molecule has 0 fully saturated rings. The molecule has 0 spiro atoms. The summed E-state index contributed by atoms with van der Waals surface area (Å²) in [6.07, 6.45) is 1.32. The van der Waals surface area contributed by atoms with Gasteiger partial charge in [0, 0.05) is 5.56 Å². The highest BCUT2D eigenvalue weighted by molar-refractivity contribution is 6.07. The molecule has 1 aromatic heterocycles. The average Bonchev–Trinajstić information content (AvgIpc) is 2.95. The third-order valence-electron chi connectivity index (χ3n) is 2.85. The Morgan fingerprint density at radius 2 is 1.95 bits per heavy atom. The fraction of sp³-hybridized carbons (Fsp3) is 0.231. The molecule has 0 aliphatic rings. The molecule has 7 heteroatoms. The highest BCUT2D eigenvalue weighted by atomic mass is 16.5. The van der Waals surface area contributed by atoms with Crippen LogP contribution in [0, 0.1) is 0 Å². The van der Waals surface area contributed by atoms with Gasteiger partial charge < -0.3 is 9.84 Å². The first-order chi connectivity index (χ1) is 9.52. The molecule has 0 radical (unpaired) electrons. The second-order valence-corrected chi connectivity index (χ2v) is 4.16. The number of aromatic nitrogens is 3. The Morgan fingerprint density at radius 3 is 2.50 bits per heavy atom. The molecule has 0 saturated carbocycles. The van der Waals surface area contributed by atoms with Crippen LogP contribution in [0.4, 0.5) is 0 Å².